The molecule has 2 aromatic carbocycles. The second-order valence-corrected chi connectivity index (χ2v) is 6.85. The fraction of sp³-hybridized carbons (Fsp3) is 0.0667. The zero-order chi connectivity index (χ0) is 17.9. The topological polar surface area (TPSA) is 118 Å². The van der Waals surface area contributed by atoms with Crippen LogP contribution < -0.4 is 16.0 Å². The Morgan fingerprint density at radius 1 is 1.04 bits per heavy atom. The zero-order valence-electron chi connectivity index (χ0n) is 12.5. The lowest BCUT2D eigenvalue weighted by molar-refractivity contribution is 0.0846. The van der Waals surface area contributed by atoms with Crippen molar-refractivity contribution in [1.29, 1.82) is 0 Å². The molecule has 126 valence electrons. The van der Waals surface area contributed by atoms with Crippen LogP contribution in [-0.4, -0.2) is 20.2 Å². The average molecular weight is 368 g/mol. The van der Waals surface area contributed by atoms with Crippen molar-refractivity contribution in [3.05, 3.63) is 64.2 Å². The molecule has 0 aliphatic carbocycles. The predicted octanol–water partition coefficient (Wildman–Crippen LogP) is 1.37. The van der Waals surface area contributed by atoms with E-state index < -0.39 is 21.8 Å². The lowest BCUT2D eigenvalue weighted by Gasteiger charge is -2.10. The molecule has 0 fully saturated rings. The van der Waals surface area contributed by atoms with E-state index in [1.807, 2.05) is 0 Å². The van der Waals surface area contributed by atoms with E-state index in [1.165, 1.54) is 12.1 Å². The van der Waals surface area contributed by atoms with Crippen molar-refractivity contribution in [3.8, 4) is 0 Å². The molecule has 0 radical (unpaired) electrons. The molecule has 0 bridgehead atoms. The van der Waals surface area contributed by atoms with E-state index in [-0.39, 0.29) is 15.5 Å². The third-order valence-electron chi connectivity index (χ3n) is 3.18. The van der Waals surface area contributed by atoms with E-state index >= 15 is 0 Å². The van der Waals surface area contributed by atoms with Gasteiger partial charge in [-0.05, 0) is 36.8 Å². The van der Waals surface area contributed by atoms with Crippen LogP contribution in [0.4, 0.5) is 0 Å². The summed E-state index contributed by atoms with van der Waals surface area (Å²) in [6, 6.07) is 10.4. The molecule has 24 heavy (non-hydrogen) atoms. The van der Waals surface area contributed by atoms with E-state index in [0.29, 0.717) is 5.56 Å². The average Bonchev–Trinajstić information content (AvgIpc) is 2.52. The first-order chi connectivity index (χ1) is 11.2. The Hall–Kier alpha value is -2.42. The van der Waals surface area contributed by atoms with Crippen molar-refractivity contribution in [2.45, 2.75) is 11.8 Å². The number of sulfonamides is 1. The molecule has 7 nitrogen and oxygen atoms in total. The quantitative estimate of drug-likeness (QED) is 0.710. The SMILES string of the molecule is Cc1ccccc1C(=O)NNC(=O)c1ccc(Cl)c(S(N)(=O)=O)c1. The van der Waals surface area contributed by atoms with Gasteiger partial charge in [0, 0.05) is 11.1 Å². The fourth-order valence-corrected chi connectivity index (χ4v) is 3.01. The lowest BCUT2D eigenvalue weighted by atomic mass is 10.1. The molecule has 2 rings (SSSR count). The lowest BCUT2D eigenvalue weighted by Crippen LogP contribution is -2.41. The van der Waals surface area contributed by atoms with Gasteiger partial charge in [0.05, 0.1) is 5.02 Å². The summed E-state index contributed by atoms with van der Waals surface area (Å²) in [7, 11) is -4.07. The predicted molar refractivity (Wildman–Crippen MR) is 88.9 cm³/mol. The van der Waals surface area contributed by atoms with Crippen LogP contribution in [0.15, 0.2) is 47.4 Å². The molecule has 2 aromatic rings. The number of nitrogens with two attached hydrogens (primary N) is 1. The maximum absolute atomic E-state index is 12.1. The maximum Gasteiger partial charge on any atom is 0.269 e. The van der Waals surface area contributed by atoms with Crippen molar-refractivity contribution >= 4 is 33.4 Å². The van der Waals surface area contributed by atoms with Crippen LogP contribution >= 0.6 is 11.6 Å². The van der Waals surface area contributed by atoms with Crippen molar-refractivity contribution in [3.63, 3.8) is 0 Å². The summed E-state index contributed by atoms with van der Waals surface area (Å²) in [5, 5.41) is 4.93. The molecule has 0 unspecified atom stereocenters. The molecular formula is C15H14ClN3O4S. The van der Waals surface area contributed by atoms with Crippen molar-refractivity contribution in [1.82, 2.24) is 10.9 Å². The minimum atomic E-state index is -4.07. The number of nitrogens with one attached hydrogen (secondary N) is 2. The molecule has 0 aliphatic heterocycles. The Labute approximate surface area is 143 Å². The van der Waals surface area contributed by atoms with Gasteiger partial charge in [-0.3, -0.25) is 20.4 Å². The molecule has 0 aliphatic rings. The fourth-order valence-electron chi connectivity index (χ4n) is 1.94. The Balaban J connectivity index is 2.14. The minimum absolute atomic E-state index is 0.0199. The summed E-state index contributed by atoms with van der Waals surface area (Å²) in [6.45, 7) is 1.76. The number of amides is 2. The summed E-state index contributed by atoms with van der Waals surface area (Å²) in [6.07, 6.45) is 0. The van der Waals surface area contributed by atoms with E-state index in [9.17, 15) is 18.0 Å². The second-order valence-electron chi connectivity index (χ2n) is 4.91. The summed E-state index contributed by atoms with van der Waals surface area (Å²) >= 11 is 5.75. The number of benzene rings is 2. The van der Waals surface area contributed by atoms with E-state index in [4.69, 9.17) is 16.7 Å². The number of aryl methyl sites for hydroxylation is 1. The van der Waals surface area contributed by atoms with Gasteiger partial charge < -0.3 is 0 Å². The van der Waals surface area contributed by atoms with Gasteiger partial charge in [-0.15, -0.1) is 0 Å². The summed E-state index contributed by atoms with van der Waals surface area (Å²) < 4.78 is 22.8. The third kappa shape index (κ3) is 4.10. The molecule has 0 atom stereocenters. The number of hydrogen-bond acceptors (Lipinski definition) is 4. The summed E-state index contributed by atoms with van der Waals surface area (Å²) in [5.74, 6) is -1.21. The summed E-state index contributed by atoms with van der Waals surface area (Å²) in [4.78, 5) is 23.7. The number of rotatable bonds is 3. The van der Waals surface area contributed by atoms with Crippen LogP contribution in [-0.2, 0) is 10.0 Å². The van der Waals surface area contributed by atoms with E-state index in [1.54, 1.807) is 31.2 Å². The first kappa shape index (κ1) is 17.9. The Kier molecular flexibility index (Phi) is 5.23. The first-order valence-electron chi connectivity index (χ1n) is 6.69. The molecule has 0 saturated carbocycles. The maximum atomic E-state index is 12.1. The number of primary sulfonamides is 1. The van der Waals surface area contributed by atoms with E-state index in [2.05, 4.69) is 10.9 Å². The van der Waals surface area contributed by atoms with Gasteiger partial charge in [0.1, 0.15) is 4.90 Å². The highest BCUT2D eigenvalue weighted by atomic mass is 35.5. The van der Waals surface area contributed by atoms with Crippen LogP contribution in [0, 0.1) is 6.92 Å². The molecule has 9 heteroatoms. The number of halogens is 1. The first-order valence-corrected chi connectivity index (χ1v) is 8.61. The Morgan fingerprint density at radius 2 is 1.67 bits per heavy atom. The molecule has 0 aromatic heterocycles. The normalized spacial score (nSPS) is 11.0. The minimum Gasteiger partial charge on any atom is -0.267 e. The van der Waals surface area contributed by atoms with E-state index in [0.717, 1.165) is 11.6 Å². The van der Waals surface area contributed by atoms with Gasteiger partial charge in [0.25, 0.3) is 11.8 Å². The van der Waals surface area contributed by atoms with Gasteiger partial charge >= 0.3 is 0 Å². The third-order valence-corrected chi connectivity index (χ3v) is 4.57. The van der Waals surface area contributed by atoms with Gasteiger partial charge in [0.15, 0.2) is 0 Å². The molecular weight excluding hydrogens is 354 g/mol. The van der Waals surface area contributed by atoms with Crippen molar-refractivity contribution in [2.75, 3.05) is 0 Å². The smallest absolute Gasteiger partial charge is 0.267 e. The van der Waals surface area contributed by atoms with Crippen LogP contribution in [0.25, 0.3) is 0 Å². The number of hydrazine groups is 1. The van der Waals surface area contributed by atoms with Crippen LogP contribution in [0.2, 0.25) is 5.02 Å². The van der Waals surface area contributed by atoms with Gasteiger partial charge in [-0.2, -0.15) is 0 Å². The van der Waals surface area contributed by atoms with Gasteiger partial charge in [-0.25, -0.2) is 13.6 Å². The number of hydrogen-bond donors (Lipinski definition) is 3. The Morgan fingerprint density at radius 3 is 2.29 bits per heavy atom. The Bertz CT molecular complexity index is 913. The van der Waals surface area contributed by atoms with Crippen LogP contribution in [0.3, 0.4) is 0 Å². The van der Waals surface area contributed by atoms with Crippen LogP contribution in [0.5, 0.6) is 0 Å². The second kappa shape index (κ2) is 7.00. The highest BCUT2D eigenvalue weighted by Crippen LogP contribution is 2.21. The standard InChI is InChI=1S/C15H14ClN3O4S/c1-9-4-2-3-5-11(9)15(21)19-18-14(20)10-6-7-12(16)13(8-10)24(17,22)23/h2-8H,1H3,(H,18,20)(H,19,21)(H2,17,22,23). The highest BCUT2D eigenvalue weighted by Gasteiger charge is 2.17. The summed E-state index contributed by atoms with van der Waals surface area (Å²) in [5.41, 5.74) is 5.59. The van der Waals surface area contributed by atoms with Crippen LogP contribution in [0.1, 0.15) is 26.3 Å². The largest absolute Gasteiger partial charge is 0.269 e. The van der Waals surface area contributed by atoms with Crippen molar-refractivity contribution in [2.24, 2.45) is 5.14 Å². The molecule has 4 N–H and O–H groups in total. The molecule has 0 heterocycles. The highest BCUT2D eigenvalue weighted by molar-refractivity contribution is 7.89. The number of carbonyl (C=O) groups excluding carboxylic acids is 2. The monoisotopic (exact) mass is 367 g/mol. The molecule has 0 spiro atoms. The van der Waals surface area contributed by atoms with Gasteiger partial charge in [0.2, 0.25) is 10.0 Å². The zero-order valence-corrected chi connectivity index (χ0v) is 14.1. The molecule has 2 amide bonds. The number of carbonyl (C=O) groups is 2. The molecule has 0 saturated heterocycles. The van der Waals surface area contributed by atoms with Crippen molar-refractivity contribution < 1.29 is 18.0 Å². The van der Waals surface area contributed by atoms with Gasteiger partial charge in [-0.1, -0.05) is 29.8 Å².